The summed E-state index contributed by atoms with van der Waals surface area (Å²) in [6.07, 6.45) is 11.6. The van der Waals surface area contributed by atoms with Crippen LogP contribution in [0.3, 0.4) is 0 Å². The highest BCUT2D eigenvalue weighted by Gasteiger charge is 2.49. The van der Waals surface area contributed by atoms with Gasteiger partial charge in [-0.1, -0.05) is 62.4 Å². The molecule has 2 heterocycles. The van der Waals surface area contributed by atoms with Crippen molar-refractivity contribution in [2.75, 3.05) is 19.6 Å². The molecule has 1 amide bonds. The zero-order valence-corrected chi connectivity index (χ0v) is 15.8. The summed E-state index contributed by atoms with van der Waals surface area (Å²) in [6.45, 7) is 3.24. The molecule has 0 radical (unpaired) electrons. The zero-order chi connectivity index (χ0) is 17.8. The Morgan fingerprint density at radius 1 is 1.00 bits per heavy atom. The van der Waals surface area contributed by atoms with Gasteiger partial charge in [0.15, 0.2) is 0 Å². The highest BCUT2D eigenvalue weighted by atomic mass is 16.2. The molecule has 2 aliphatic heterocycles. The maximum atomic E-state index is 12.7. The fraction of sp³-hybridized carbons (Fsp3) is 0.636. The van der Waals surface area contributed by atoms with E-state index in [0.717, 1.165) is 43.1 Å². The van der Waals surface area contributed by atoms with Gasteiger partial charge in [-0.2, -0.15) is 5.10 Å². The zero-order valence-electron chi connectivity index (χ0n) is 15.8. The fourth-order valence-electron chi connectivity index (χ4n) is 5.03. The molecule has 4 heteroatoms. The van der Waals surface area contributed by atoms with E-state index in [1.54, 1.807) is 0 Å². The van der Waals surface area contributed by atoms with Crippen LogP contribution in [0.2, 0.25) is 0 Å². The Bertz CT molecular complexity index is 639. The first-order valence-electron chi connectivity index (χ1n) is 10.4. The number of benzene rings is 1. The molecule has 4 nitrogen and oxygen atoms in total. The number of nitrogens with zero attached hydrogens (tertiary/aromatic N) is 2. The quantitative estimate of drug-likeness (QED) is 0.894. The van der Waals surface area contributed by atoms with Gasteiger partial charge in [-0.3, -0.25) is 4.79 Å². The third kappa shape index (κ3) is 3.57. The molecule has 140 valence electrons. The summed E-state index contributed by atoms with van der Waals surface area (Å²) in [7, 11) is 0. The average molecular weight is 354 g/mol. The first kappa shape index (κ1) is 17.7. The summed E-state index contributed by atoms with van der Waals surface area (Å²) in [5.41, 5.74) is 4.39. The molecule has 0 aromatic heterocycles. The lowest BCUT2D eigenvalue weighted by atomic mass is 9.72. The molecule has 1 N–H and O–H groups in total. The second kappa shape index (κ2) is 7.91. The van der Waals surface area contributed by atoms with E-state index in [4.69, 9.17) is 0 Å². The largest absolute Gasteiger partial charge is 0.303 e. The second-order valence-electron chi connectivity index (χ2n) is 8.36. The van der Waals surface area contributed by atoms with Gasteiger partial charge in [0, 0.05) is 6.54 Å². The summed E-state index contributed by atoms with van der Waals surface area (Å²) in [5, 5.41) is 4.43. The van der Waals surface area contributed by atoms with Crippen molar-refractivity contribution in [3.8, 4) is 0 Å². The number of likely N-dealkylation sites (tertiary alicyclic amines) is 1. The van der Waals surface area contributed by atoms with Crippen molar-refractivity contribution < 1.29 is 4.79 Å². The number of piperidine rings is 1. The normalized spacial score (nSPS) is 24.8. The molecule has 1 spiro atoms. The van der Waals surface area contributed by atoms with Gasteiger partial charge in [-0.25, -0.2) is 5.43 Å². The molecule has 26 heavy (non-hydrogen) atoms. The van der Waals surface area contributed by atoms with Gasteiger partial charge < -0.3 is 4.90 Å². The summed E-state index contributed by atoms with van der Waals surface area (Å²) in [6, 6.07) is 10.2. The maximum Gasteiger partial charge on any atom is 0.252 e. The van der Waals surface area contributed by atoms with E-state index in [-0.39, 0.29) is 5.91 Å². The SMILES string of the molecule is O=C1NN=C(c2ccccc2)C12CCN(CC1CCCCCCC1)CC2. The average Bonchev–Trinajstić information content (AvgIpc) is 2.96. The maximum absolute atomic E-state index is 12.7. The van der Waals surface area contributed by atoms with E-state index in [1.807, 2.05) is 18.2 Å². The minimum atomic E-state index is -0.418. The molecule has 3 aliphatic rings. The Hall–Kier alpha value is -1.68. The standard InChI is InChI=1S/C22H31N3O/c26-21-22(20(23-24-21)19-11-7-4-8-12-19)13-15-25(16-14-22)17-18-9-5-2-1-3-6-10-18/h4,7-8,11-12,18H,1-3,5-6,9-10,13-17H2,(H,24,26). The van der Waals surface area contributed by atoms with Crippen LogP contribution in [0.1, 0.15) is 63.4 Å². The Balaban J connectivity index is 1.40. The van der Waals surface area contributed by atoms with Gasteiger partial charge in [-0.05, 0) is 50.3 Å². The molecule has 1 saturated carbocycles. The smallest absolute Gasteiger partial charge is 0.252 e. The Kier molecular flexibility index (Phi) is 5.39. The van der Waals surface area contributed by atoms with Crippen LogP contribution >= 0.6 is 0 Å². The van der Waals surface area contributed by atoms with Gasteiger partial charge in [0.05, 0.1) is 11.1 Å². The molecule has 0 unspecified atom stereocenters. The van der Waals surface area contributed by atoms with E-state index in [2.05, 4.69) is 27.6 Å². The highest BCUT2D eigenvalue weighted by molar-refractivity contribution is 6.19. The molecule has 1 aromatic carbocycles. The van der Waals surface area contributed by atoms with E-state index < -0.39 is 5.41 Å². The van der Waals surface area contributed by atoms with Crippen molar-refractivity contribution in [1.29, 1.82) is 0 Å². The van der Waals surface area contributed by atoms with Crippen molar-refractivity contribution in [1.82, 2.24) is 10.3 Å². The van der Waals surface area contributed by atoms with Gasteiger partial charge >= 0.3 is 0 Å². The summed E-state index contributed by atoms with van der Waals surface area (Å²) >= 11 is 0. The molecule has 4 rings (SSSR count). The monoisotopic (exact) mass is 353 g/mol. The lowest BCUT2D eigenvalue weighted by Gasteiger charge is -2.39. The molecule has 1 aliphatic carbocycles. The van der Waals surface area contributed by atoms with Gasteiger partial charge in [0.2, 0.25) is 0 Å². The van der Waals surface area contributed by atoms with Crippen LogP contribution in [-0.2, 0) is 4.79 Å². The number of hydrogen-bond donors (Lipinski definition) is 1. The van der Waals surface area contributed by atoms with Crippen LogP contribution in [0.25, 0.3) is 0 Å². The lowest BCUT2D eigenvalue weighted by molar-refractivity contribution is -0.128. The fourth-order valence-corrected chi connectivity index (χ4v) is 5.03. The van der Waals surface area contributed by atoms with Crippen LogP contribution in [0, 0.1) is 11.3 Å². The van der Waals surface area contributed by atoms with Crippen LogP contribution in [-0.4, -0.2) is 36.2 Å². The lowest BCUT2D eigenvalue weighted by Crippen LogP contribution is -2.49. The van der Waals surface area contributed by atoms with E-state index in [1.165, 1.54) is 51.5 Å². The molecule has 0 bridgehead atoms. The number of nitrogens with one attached hydrogen (secondary N) is 1. The first-order chi connectivity index (χ1) is 12.8. The van der Waals surface area contributed by atoms with E-state index in [9.17, 15) is 4.79 Å². The number of carbonyl (C=O) groups excluding carboxylic acids is 1. The van der Waals surface area contributed by atoms with E-state index in [0.29, 0.717) is 0 Å². The van der Waals surface area contributed by atoms with Crippen LogP contribution in [0.15, 0.2) is 35.4 Å². The number of rotatable bonds is 3. The van der Waals surface area contributed by atoms with Crippen molar-refractivity contribution in [2.45, 2.75) is 57.8 Å². The molecule has 1 aromatic rings. The number of hydrazone groups is 1. The molecular formula is C22H31N3O. The second-order valence-corrected chi connectivity index (χ2v) is 8.36. The Morgan fingerprint density at radius 3 is 2.35 bits per heavy atom. The van der Waals surface area contributed by atoms with Crippen LogP contribution in [0.5, 0.6) is 0 Å². The van der Waals surface area contributed by atoms with Gasteiger partial charge in [0.1, 0.15) is 0 Å². The van der Waals surface area contributed by atoms with Crippen LogP contribution in [0.4, 0.5) is 0 Å². The van der Waals surface area contributed by atoms with Crippen molar-refractivity contribution in [3.05, 3.63) is 35.9 Å². The van der Waals surface area contributed by atoms with Crippen LogP contribution < -0.4 is 5.43 Å². The number of carbonyl (C=O) groups is 1. The third-order valence-electron chi connectivity index (χ3n) is 6.66. The molecule has 0 atom stereocenters. The minimum absolute atomic E-state index is 0.0990. The Labute approximate surface area is 157 Å². The minimum Gasteiger partial charge on any atom is -0.303 e. The van der Waals surface area contributed by atoms with Crippen molar-refractivity contribution in [3.63, 3.8) is 0 Å². The van der Waals surface area contributed by atoms with E-state index >= 15 is 0 Å². The summed E-state index contributed by atoms with van der Waals surface area (Å²) < 4.78 is 0. The predicted octanol–water partition coefficient (Wildman–Crippen LogP) is 3.96. The first-order valence-corrected chi connectivity index (χ1v) is 10.4. The summed E-state index contributed by atoms with van der Waals surface area (Å²) in [5.74, 6) is 0.950. The molecular weight excluding hydrogens is 322 g/mol. The predicted molar refractivity (Wildman–Crippen MR) is 105 cm³/mol. The number of hydrogen-bond acceptors (Lipinski definition) is 3. The van der Waals surface area contributed by atoms with Gasteiger partial charge in [0.25, 0.3) is 5.91 Å². The summed E-state index contributed by atoms with van der Waals surface area (Å²) in [4.78, 5) is 15.3. The third-order valence-corrected chi connectivity index (χ3v) is 6.66. The number of amides is 1. The molecule has 2 fully saturated rings. The Morgan fingerprint density at radius 2 is 1.65 bits per heavy atom. The van der Waals surface area contributed by atoms with Gasteiger partial charge in [-0.15, -0.1) is 0 Å². The highest BCUT2D eigenvalue weighted by Crippen LogP contribution is 2.39. The molecule has 1 saturated heterocycles. The van der Waals surface area contributed by atoms with Crippen molar-refractivity contribution >= 4 is 11.6 Å². The topological polar surface area (TPSA) is 44.7 Å². The van der Waals surface area contributed by atoms with Crippen molar-refractivity contribution in [2.24, 2.45) is 16.4 Å².